The van der Waals surface area contributed by atoms with Gasteiger partial charge in [0.2, 0.25) is 0 Å². The smallest absolute Gasteiger partial charge is 0.177 e. The molecule has 0 radical (unpaired) electrons. The topological polar surface area (TPSA) is 66.7 Å². The van der Waals surface area contributed by atoms with Crippen molar-refractivity contribution >= 4 is 17.8 Å². The van der Waals surface area contributed by atoms with Crippen molar-refractivity contribution in [3.05, 3.63) is 0 Å². The summed E-state index contributed by atoms with van der Waals surface area (Å²) in [4.78, 5) is 20.2. The highest BCUT2D eigenvalue weighted by atomic mass is 16.4. The maximum Gasteiger partial charge on any atom is 0.177 e. The monoisotopic (exact) mass is 213 g/mol. The van der Waals surface area contributed by atoms with Gasteiger partial charge in [-0.1, -0.05) is 24.4 Å². The minimum Gasteiger partial charge on any atom is -0.411 e. The van der Waals surface area contributed by atoms with Crippen molar-refractivity contribution in [2.45, 2.75) is 46.0 Å². The van der Waals surface area contributed by atoms with Gasteiger partial charge in [-0.25, -0.2) is 0 Å². The van der Waals surface area contributed by atoms with Gasteiger partial charge in [-0.2, -0.15) is 0 Å². The third kappa shape index (κ3) is 6.82. The molecule has 0 atom stereocenters. The first kappa shape index (κ1) is 13.8. The van der Waals surface area contributed by atoms with Crippen LogP contribution in [0.2, 0.25) is 0 Å². The highest BCUT2D eigenvalue weighted by Crippen LogP contribution is 2.21. The van der Waals surface area contributed by atoms with Crippen LogP contribution in [0.4, 0.5) is 0 Å². The minimum absolute atomic E-state index is 0.139. The first-order chi connectivity index (χ1) is 7.11. The molecule has 0 aromatic rings. The SMILES string of the molecule is CC(=O)/C(C)=N\O.O=CC1CCCCC1. The summed E-state index contributed by atoms with van der Waals surface area (Å²) in [6, 6.07) is 0. The van der Waals surface area contributed by atoms with Gasteiger partial charge in [0.05, 0.1) is 0 Å². The van der Waals surface area contributed by atoms with E-state index in [1.54, 1.807) is 0 Å². The number of nitrogens with zero attached hydrogens (tertiary/aromatic N) is 1. The van der Waals surface area contributed by atoms with Crippen LogP contribution in [-0.2, 0) is 9.59 Å². The van der Waals surface area contributed by atoms with Gasteiger partial charge >= 0.3 is 0 Å². The summed E-state index contributed by atoms with van der Waals surface area (Å²) < 4.78 is 0. The molecule has 1 aliphatic carbocycles. The Morgan fingerprint density at radius 1 is 1.27 bits per heavy atom. The Balaban J connectivity index is 0.000000265. The van der Waals surface area contributed by atoms with Gasteiger partial charge in [-0.15, -0.1) is 0 Å². The number of ketones is 1. The quantitative estimate of drug-likeness (QED) is 0.331. The van der Waals surface area contributed by atoms with Gasteiger partial charge in [0.25, 0.3) is 0 Å². The fourth-order valence-corrected chi connectivity index (χ4v) is 1.34. The molecule has 0 amide bonds. The molecule has 1 fully saturated rings. The summed E-state index contributed by atoms with van der Waals surface area (Å²) in [6.45, 7) is 2.79. The summed E-state index contributed by atoms with van der Waals surface area (Å²) in [5.74, 6) is 0.200. The van der Waals surface area contributed by atoms with E-state index >= 15 is 0 Å². The van der Waals surface area contributed by atoms with Crippen molar-refractivity contribution in [1.29, 1.82) is 0 Å². The zero-order chi connectivity index (χ0) is 11.7. The Bertz CT molecular complexity index is 230. The van der Waals surface area contributed by atoms with E-state index in [1.165, 1.54) is 33.1 Å². The Hall–Kier alpha value is -1.19. The fraction of sp³-hybridized carbons (Fsp3) is 0.727. The molecule has 0 heterocycles. The predicted octanol–water partition coefficient (Wildman–Crippen LogP) is 2.19. The van der Waals surface area contributed by atoms with E-state index in [9.17, 15) is 9.59 Å². The molecule has 0 unspecified atom stereocenters. The lowest BCUT2D eigenvalue weighted by molar-refractivity contribution is -0.112. The Kier molecular flexibility index (Phi) is 7.50. The molecule has 0 spiro atoms. The second-order valence-corrected chi connectivity index (χ2v) is 3.78. The van der Waals surface area contributed by atoms with Crippen LogP contribution >= 0.6 is 0 Å². The van der Waals surface area contributed by atoms with Crippen LogP contribution < -0.4 is 0 Å². The summed E-state index contributed by atoms with van der Waals surface area (Å²) in [6.07, 6.45) is 7.27. The normalized spacial score (nSPS) is 17.6. The number of Topliss-reactive ketones (excluding diaryl/α,β-unsaturated/α-hetero) is 1. The second-order valence-electron chi connectivity index (χ2n) is 3.78. The molecule has 1 rings (SSSR count). The third-order valence-corrected chi connectivity index (χ3v) is 2.50. The predicted molar refractivity (Wildman–Crippen MR) is 58.2 cm³/mol. The van der Waals surface area contributed by atoms with Crippen molar-refractivity contribution in [2.75, 3.05) is 0 Å². The summed E-state index contributed by atoms with van der Waals surface area (Å²) in [5.41, 5.74) is 0.139. The number of carbonyl (C=O) groups excluding carboxylic acids is 2. The van der Waals surface area contributed by atoms with E-state index in [2.05, 4.69) is 5.16 Å². The zero-order valence-electron chi connectivity index (χ0n) is 9.40. The molecule has 86 valence electrons. The standard InChI is InChI=1S/C7H12O.C4H7NO2/c8-6-7-4-2-1-3-5-7;1-3(5-7)4(2)6/h6-7H,1-5H2;7H,1-2H3/b;5-3-. The van der Waals surface area contributed by atoms with Crippen LogP contribution in [0, 0.1) is 5.92 Å². The van der Waals surface area contributed by atoms with E-state index in [4.69, 9.17) is 5.21 Å². The lowest BCUT2D eigenvalue weighted by atomic mass is 9.91. The molecule has 0 saturated heterocycles. The summed E-state index contributed by atoms with van der Waals surface area (Å²) in [7, 11) is 0. The van der Waals surface area contributed by atoms with E-state index in [-0.39, 0.29) is 11.5 Å². The Morgan fingerprint density at radius 3 is 2.00 bits per heavy atom. The van der Waals surface area contributed by atoms with Gasteiger partial charge in [-0.3, -0.25) is 4.79 Å². The summed E-state index contributed by atoms with van der Waals surface area (Å²) in [5, 5.41) is 10.5. The van der Waals surface area contributed by atoms with Crippen molar-refractivity contribution in [3.63, 3.8) is 0 Å². The van der Waals surface area contributed by atoms with Crippen molar-refractivity contribution < 1.29 is 14.8 Å². The van der Waals surface area contributed by atoms with E-state index in [0.29, 0.717) is 5.92 Å². The highest BCUT2D eigenvalue weighted by molar-refractivity contribution is 6.37. The Morgan fingerprint density at radius 2 is 1.80 bits per heavy atom. The molecule has 1 saturated carbocycles. The zero-order valence-corrected chi connectivity index (χ0v) is 9.40. The second kappa shape index (κ2) is 8.15. The molecule has 1 N–H and O–H groups in total. The largest absolute Gasteiger partial charge is 0.411 e. The molecular weight excluding hydrogens is 194 g/mol. The van der Waals surface area contributed by atoms with Gasteiger partial charge in [0.1, 0.15) is 12.0 Å². The average Bonchev–Trinajstić information content (AvgIpc) is 2.29. The number of carbonyl (C=O) groups is 2. The van der Waals surface area contributed by atoms with Crippen LogP contribution in [0.3, 0.4) is 0 Å². The van der Waals surface area contributed by atoms with Gasteiger partial charge in [0, 0.05) is 12.8 Å². The van der Waals surface area contributed by atoms with Crippen LogP contribution in [0.25, 0.3) is 0 Å². The first-order valence-electron chi connectivity index (χ1n) is 5.26. The van der Waals surface area contributed by atoms with Crippen molar-refractivity contribution in [3.8, 4) is 0 Å². The fourth-order valence-electron chi connectivity index (χ4n) is 1.34. The van der Waals surface area contributed by atoms with Crippen molar-refractivity contribution in [1.82, 2.24) is 0 Å². The van der Waals surface area contributed by atoms with Crippen molar-refractivity contribution in [2.24, 2.45) is 11.1 Å². The lowest BCUT2D eigenvalue weighted by Gasteiger charge is -2.14. The number of hydrogen-bond donors (Lipinski definition) is 1. The average molecular weight is 213 g/mol. The van der Waals surface area contributed by atoms with Gasteiger partial charge in [0.15, 0.2) is 5.78 Å². The van der Waals surface area contributed by atoms with E-state index in [0.717, 1.165) is 19.1 Å². The van der Waals surface area contributed by atoms with Crippen LogP contribution in [-0.4, -0.2) is 23.0 Å². The molecular formula is C11H19NO3. The molecule has 0 aromatic heterocycles. The number of rotatable bonds is 2. The maximum atomic E-state index is 10.2. The van der Waals surface area contributed by atoms with Crippen LogP contribution in [0.15, 0.2) is 5.16 Å². The molecule has 0 aliphatic heterocycles. The van der Waals surface area contributed by atoms with Gasteiger partial charge in [-0.05, 0) is 19.8 Å². The Labute approximate surface area is 90.4 Å². The first-order valence-corrected chi connectivity index (χ1v) is 5.26. The molecule has 15 heavy (non-hydrogen) atoms. The molecule has 1 aliphatic rings. The number of aldehydes is 1. The number of oxime groups is 1. The number of hydrogen-bond acceptors (Lipinski definition) is 4. The molecule has 0 bridgehead atoms. The minimum atomic E-state index is -0.206. The van der Waals surface area contributed by atoms with Crippen LogP contribution in [0.1, 0.15) is 46.0 Å². The van der Waals surface area contributed by atoms with Gasteiger partial charge < -0.3 is 10.0 Å². The molecule has 4 heteroatoms. The highest BCUT2D eigenvalue weighted by Gasteiger charge is 2.10. The van der Waals surface area contributed by atoms with Crippen LogP contribution in [0.5, 0.6) is 0 Å². The third-order valence-electron chi connectivity index (χ3n) is 2.50. The molecule has 4 nitrogen and oxygen atoms in total. The maximum absolute atomic E-state index is 10.2. The van der Waals surface area contributed by atoms with E-state index in [1.807, 2.05) is 0 Å². The lowest BCUT2D eigenvalue weighted by Crippen LogP contribution is -2.06. The summed E-state index contributed by atoms with van der Waals surface area (Å²) >= 11 is 0. The molecule has 0 aromatic carbocycles. The van der Waals surface area contributed by atoms with E-state index < -0.39 is 0 Å².